The molecule has 0 atom stereocenters. The molecule has 0 aliphatic rings. The Morgan fingerprint density at radius 3 is 2.29 bits per heavy atom. The van der Waals surface area contributed by atoms with Crippen LogP contribution in [0.2, 0.25) is 0 Å². The third kappa shape index (κ3) is 12.4. The van der Waals surface area contributed by atoms with Gasteiger partial charge in [-0.15, -0.1) is 4.68 Å². The largest absolute Gasteiger partial charge is 0.506 e. The molecule has 0 spiro atoms. The number of thioether (sulfide) groups is 1. The summed E-state index contributed by atoms with van der Waals surface area (Å²) >= 11 is 1.23. The summed E-state index contributed by atoms with van der Waals surface area (Å²) in [6.45, 7) is 6.75. The zero-order valence-corrected chi connectivity index (χ0v) is 34.3. The number of tetrazole rings is 1. The molecule has 0 aliphatic heterocycles. The molecule has 0 aliphatic carbocycles. The predicted octanol–water partition coefficient (Wildman–Crippen LogP) is 9.76. The van der Waals surface area contributed by atoms with Crippen molar-refractivity contribution in [3.05, 3.63) is 93.5 Å². The van der Waals surface area contributed by atoms with E-state index < -0.39 is 16.8 Å². The van der Waals surface area contributed by atoms with E-state index >= 15 is 0 Å². The monoisotopic (exact) mass is 813 g/mol. The van der Waals surface area contributed by atoms with E-state index in [-0.39, 0.29) is 40.8 Å². The average molecular weight is 814 g/mol. The summed E-state index contributed by atoms with van der Waals surface area (Å²) in [6.07, 6.45) is 12.8. The van der Waals surface area contributed by atoms with Crippen LogP contribution in [0.15, 0.2) is 71.9 Å². The average Bonchev–Trinajstić information content (AvgIpc) is 3.66. The SMILES string of the molecule is CCCCCCCCCCCCOc1ccc(C)cc1NC(=O)c1cc(Oc2ccc(CSc3nn[nH][n+]3CC(=O)OCCC)cc2[N+](=O)[O-])c2ccccc2c1O. The molecule has 308 valence electrons. The van der Waals surface area contributed by atoms with Crippen molar-refractivity contribution in [1.29, 1.82) is 0 Å². The summed E-state index contributed by atoms with van der Waals surface area (Å²) in [5, 5.41) is 38.2. The Hall–Kier alpha value is -5.70. The van der Waals surface area contributed by atoms with Crippen molar-refractivity contribution in [2.24, 2.45) is 0 Å². The second-order valence-corrected chi connectivity index (χ2v) is 15.1. The maximum atomic E-state index is 13.9. The van der Waals surface area contributed by atoms with Crippen LogP contribution in [-0.4, -0.2) is 50.6 Å². The molecule has 0 radical (unpaired) electrons. The lowest BCUT2D eigenvalue weighted by Crippen LogP contribution is -2.42. The van der Waals surface area contributed by atoms with Crippen molar-refractivity contribution in [2.75, 3.05) is 18.5 Å². The number of carbonyl (C=O) groups excluding carboxylic acids is 2. The molecule has 0 fully saturated rings. The van der Waals surface area contributed by atoms with Gasteiger partial charge in [0.1, 0.15) is 22.3 Å². The normalized spacial score (nSPS) is 11.1. The van der Waals surface area contributed by atoms with E-state index in [1.165, 1.54) is 79.6 Å². The Kier molecular flexibility index (Phi) is 16.7. The third-order valence-electron chi connectivity index (χ3n) is 9.46. The van der Waals surface area contributed by atoms with E-state index in [1.54, 1.807) is 30.3 Å². The molecule has 14 nitrogen and oxygen atoms in total. The van der Waals surface area contributed by atoms with Gasteiger partial charge in [0.25, 0.3) is 5.91 Å². The molecule has 0 bridgehead atoms. The molecule has 4 aromatic carbocycles. The third-order valence-corrected chi connectivity index (χ3v) is 10.5. The molecule has 0 unspecified atom stereocenters. The number of amides is 1. The number of ether oxygens (including phenoxy) is 3. The number of hydrogen-bond acceptors (Lipinski definition) is 11. The highest BCUT2D eigenvalue weighted by Gasteiger charge is 2.24. The first kappa shape index (κ1) is 43.4. The van der Waals surface area contributed by atoms with E-state index in [1.807, 2.05) is 32.0 Å². The summed E-state index contributed by atoms with van der Waals surface area (Å²) in [5.41, 5.74) is 1.58. The Morgan fingerprint density at radius 2 is 1.57 bits per heavy atom. The molecular formula is C43H53N6O8S+. The molecule has 5 aromatic rings. The van der Waals surface area contributed by atoms with Crippen molar-refractivity contribution >= 4 is 45.8 Å². The fourth-order valence-electron chi connectivity index (χ4n) is 6.38. The molecule has 58 heavy (non-hydrogen) atoms. The number of aryl methyl sites for hydroxylation is 1. The number of nitrogens with zero attached hydrogens (tertiary/aromatic N) is 4. The van der Waals surface area contributed by atoms with Crippen molar-refractivity contribution < 1.29 is 38.5 Å². The highest BCUT2D eigenvalue weighted by Crippen LogP contribution is 2.41. The first-order valence-electron chi connectivity index (χ1n) is 20.0. The van der Waals surface area contributed by atoms with Crippen LogP contribution in [0.1, 0.15) is 106 Å². The van der Waals surface area contributed by atoms with Gasteiger partial charge in [0.2, 0.25) is 5.75 Å². The molecule has 1 amide bonds. The molecule has 0 saturated carbocycles. The number of aromatic nitrogens is 4. The Balaban J connectivity index is 1.28. The van der Waals surface area contributed by atoms with E-state index in [9.17, 15) is 24.8 Å². The zero-order valence-electron chi connectivity index (χ0n) is 33.5. The van der Waals surface area contributed by atoms with Crippen molar-refractivity contribution in [2.45, 2.75) is 109 Å². The minimum atomic E-state index is -0.604. The van der Waals surface area contributed by atoms with Crippen LogP contribution in [0, 0.1) is 17.0 Å². The number of carbonyl (C=O) groups is 2. The number of esters is 1. The zero-order chi connectivity index (χ0) is 41.3. The number of H-pyrrole nitrogens is 1. The fourth-order valence-corrected chi connectivity index (χ4v) is 7.21. The number of hydrogen-bond donors (Lipinski definition) is 3. The van der Waals surface area contributed by atoms with E-state index in [0.717, 1.165) is 24.8 Å². The van der Waals surface area contributed by atoms with Crippen molar-refractivity contribution in [1.82, 2.24) is 15.5 Å². The Labute approximate surface area is 342 Å². The topological polar surface area (TPSA) is 183 Å². The summed E-state index contributed by atoms with van der Waals surface area (Å²) in [5.74, 6) is -0.425. The van der Waals surface area contributed by atoms with Crippen LogP contribution in [0.4, 0.5) is 11.4 Å². The number of nitro groups is 1. The second kappa shape index (κ2) is 22.3. The summed E-state index contributed by atoms with van der Waals surface area (Å²) in [7, 11) is 0. The molecule has 0 saturated heterocycles. The second-order valence-electron chi connectivity index (χ2n) is 14.1. The van der Waals surface area contributed by atoms with Crippen LogP contribution < -0.4 is 19.5 Å². The van der Waals surface area contributed by atoms with Gasteiger partial charge >= 0.3 is 16.8 Å². The lowest BCUT2D eigenvalue weighted by molar-refractivity contribution is -0.777. The van der Waals surface area contributed by atoms with E-state index in [2.05, 4.69) is 27.8 Å². The van der Waals surface area contributed by atoms with Crippen LogP contribution in [-0.2, 0) is 21.8 Å². The van der Waals surface area contributed by atoms with Crippen LogP contribution in [0.3, 0.4) is 0 Å². The quantitative estimate of drug-likeness (QED) is 0.0135. The summed E-state index contributed by atoms with van der Waals surface area (Å²) in [4.78, 5) is 37.8. The number of aromatic hydroxyl groups is 1. The first-order chi connectivity index (χ1) is 28.2. The molecule has 1 aromatic heterocycles. The molecule has 5 rings (SSSR count). The van der Waals surface area contributed by atoms with Crippen molar-refractivity contribution in [3.8, 4) is 23.0 Å². The van der Waals surface area contributed by atoms with Gasteiger partial charge in [0.05, 0.1) is 29.4 Å². The van der Waals surface area contributed by atoms with Gasteiger partial charge in [-0.2, -0.15) is 0 Å². The minimum Gasteiger partial charge on any atom is -0.506 e. The van der Waals surface area contributed by atoms with Crippen LogP contribution in [0.5, 0.6) is 23.0 Å². The number of unbranched alkanes of at least 4 members (excludes halogenated alkanes) is 9. The number of fused-ring (bicyclic) bond motifs is 1. The summed E-state index contributed by atoms with van der Waals surface area (Å²) < 4.78 is 18.9. The first-order valence-corrected chi connectivity index (χ1v) is 21.0. The predicted molar refractivity (Wildman–Crippen MR) is 223 cm³/mol. The van der Waals surface area contributed by atoms with Gasteiger partial charge in [-0.1, -0.05) is 113 Å². The van der Waals surface area contributed by atoms with Gasteiger partial charge in [-0.3, -0.25) is 14.9 Å². The molecule has 15 heteroatoms. The Bertz CT molecular complexity index is 2160. The number of nitrogens with one attached hydrogen (secondary N) is 2. The number of benzene rings is 4. The number of phenolic OH excluding ortho intramolecular Hbond substituents is 1. The maximum absolute atomic E-state index is 13.9. The highest BCUT2D eigenvalue weighted by molar-refractivity contribution is 7.98. The Morgan fingerprint density at radius 1 is 0.862 bits per heavy atom. The molecule has 1 heterocycles. The van der Waals surface area contributed by atoms with E-state index in [0.29, 0.717) is 52.6 Å². The van der Waals surface area contributed by atoms with Crippen LogP contribution in [0.25, 0.3) is 10.8 Å². The van der Waals surface area contributed by atoms with Gasteiger partial charge in [-0.25, -0.2) is 4.79 Å². The molecular weight excluding hydrogens is 761 g/mol. The van der Waals surface area contributed by atoms with Gasteiger partial charge in [-0.05, 0) is 66.9 Å². The van der Waals surface area contributed by atoms with Gasteiger partial charge in [0, 0.05) is 22.6 Å². The van der Waals surface area contributed by atoms with Crippen LogP contribution >= 0.6 is 11.8 Å². The molecule has 3 N–H and O–H groups in total. The number of rotatable bonds is 24. The lowest BCUT2D eigenvalue weighted by Gasteiger charge is -2.16. The minimum absolute atomic E-state index is 0.0579. The van der Waals surface area contributed by atoms with Gasteiger partial charge in [0.15, 0.2) is 11.8 Å². The standard InChI is InChI=1S/C43H52N6O8S/c1-4-6-7-8-9-10-11-12-13-16-24-55-37-21-19-30(3)25-35(37)44-42(52)34-27-39(32-17-14-15-18-33(32)41(34)51)57-38-22-20-31(26-36(38)49(53)54)29-58-43-45-46-47-48(43)28-40(50)56-23-5-2/h14-15,17-22,25-27H,4-13,16,23-24,28-29H2,1-3H3,(H2,44,51,52)/p+1. The van der Waals surface area contributed by atoms with Gasteiger partial charge < -0.3 is 24.6 Å². The fraction of sp³-hybridized carbons (Fsp3) is 0.419. The summed E-state index contributed by atoms with van der Waals surface area (Å²) in [6, 6.07) is 18.3. The highest BCUT2D eigenvalue weighted by atomic mass is 32.2. The number of phenols is 1. The maximum Gasteiger partial charge on any atom is 0.360 e. The number of anilines is 1. The number of aromatic amines is 1. The van der Waals surface area contributed by atoms with Crippen molar-refractivity contribution in [3.63, 3.8) is 0 Å². The van der Waals surface area contributed by atoms with E-state index in [4.69, 9.17) is 14.2 Å². The lowest BCUT2D eigenvalue weighted by atomic mass is 10.0. The number of nitro benzene ring substituents is 1. The smallest absolute Gasteiger partial charge is 0.360 e.